The van der Waals surface area contributed by atoms with Crippen molar-refractivity contribution in [2.45, 2.75) is 59.1 Å². The van der Waals surface area contributed by atoms with Gasteiger partial charge in [-0.1, -0.05) is 39.0 Å². The first kappa shape index (κ1) is 17.7. The third-order valence-corrected chi connectivity index (χ3v) is 5.38. The van der Waals surface area contributed by atoms with Crippen molar-refractivity contribution >= 4 is 16.7 Å². The number of hydrogen-bond acceptors (Lipinski definition) is 3. The predicted molar refractivity (Wildman–Crippen MR) is 99.5 cm³/mol. The lowest BCUT2D eigenvalue weighted by Crippen LogP contribution is -2.32. The van der Waals surface area contributed by atoms with Crippen LogP contribution in [0.15, 0.2) is 41.3 Å². The molecule has 0 aliphatic heterocycles. The van der Waals surface area contributed by atoms with E-state index in [2.05, 4.69) is 20.8 Å². The van der Waals surface area contributed by atoms with Gasteiger partial charge in [-0.05, 0) is 54.5 Å². The second-order valence-corrected chi connectivity index (χ2v) is 8.17. The Kier molecular flexibility index (Phi) is 4.98. The highest BCUT2D eigenvalue weighted by atomic mass is 16.5. The Morgan fingerprint density at radius 3 is 2.48 bits per heavy atom. The van der Waals surface area contributed by atoms with Crippen molar-refractivity contribution in [3.8, 4) is 0 Å². The number of fused-ring (bicyclic) bond motifs is 1. The molecule has 0 spiro atoms. The lowest BCUT2D eigenvalue weighted by molar-refractivity contribution is -0.152. The van der Waals surface area contributed by atoms with E-state index in [1.165, 1.54) is 4.57 Å². The minimum atomic E-state index is -0.323. The number of pyridine rings is 1. The normalized spacial score (nSPS) is 21.2. The van der Waals surface area contributed by atoms with Crippen LogP contribution in [0.1, 0.15) is 46.5 Å². The van der Waals surface area contributed by atoms with Crippen LogP contribution in [0.3, 0.4) is 0 Å². The maximum atomic E-state index is 12.5. The fourth-order valence-electron chi connectivity index (χ4n) is 3.76. The van der Waals surface area contributed by atoms with E-state index in [1.807, 2.05) is 24.3 Å². The highest BCUT2D eigenvalue weighted by Crippen LogP contribution is 2.38. The summed E-state index contributed by atoms with van der Waals surface area (Å²) in [7, 11) is 0. The fraction of sp³-hybridized carbons (Fsp3) is 0.524. The summed E-state index contributed by atoms with van der Waals surface area (Å²) in [5, 5.41) is 1.51. The zero-order valence-corrected chi connectivity index (χ0v) is 15.3. The molecule has 0 amide bonds. The quantitative estimate of drug-likeness (QED) is 0.788. The number of aromatic nitrogens is 1. The molecule has 0 unspecified atom stereocenters. The lowest BCUT2D eigenvalue weighted by atomic mass is 9.72. The molecule has 1 aliphatic carbocycles. The van der Waals surface area contributed by atoms with Crippen molar-refractivity contribution in [3.63, 3.8) is 0 Å². The van der Waals surface area contributed by atoms with Crippen LogP contribution in [0.5, 0.6) is 0 Å². The summed E-state index contributed by atoms with van der Waals surface area (Å²) in [6.45, 7) is 6.80. The van der Waals surface area contributed by atoms with Crippen LogP contribution in [0.2, 0.25) is 0 Å². The number of nitrogens with zero attached hydrogens (tertiary/aromatic N) is 1. The van der Waals surface area contributed by atoms with Crippen molar-refractivity contribution in [3.05, 3.63) is 46.9 Å². The predicted octanol–water partition coefficient (Wildman–Crippen LogP) is 4.15. The Morgan fingerprint density at radius 2 is 1.80 bits per heavy atom. The van der Waals surface area contributed by atoms with Crippen molar-refractivity contribution < 1.29 is 9.53 Å². The maximum Gasteiger partial charge on any atom is 0.326 e. The van der Waals surface area contributed by atoms with Gasteiger partial charge in [0, 0.05) is 11.6 Å². The fourth-order valence-corrected chi connectivity index (χ4v) is 3.76. The van der Waals surface area contributed by atoms with E-state index in [4.69, 9.17) is 4.74 Å². The van der Waals surface area contributed by atoms with Crippen molar-refractivity contribution in [1.82, 2.24) is 4.57 Å². The minimum Gasteiger partial charge on any atom is -0.461 e. The van der Waals surface area contributed by atoms with Gasteiger partial charge in [0.05, 0.1) is 0 Å². The Labute approximate surface area is 148 Å². The van der Waals surface area contributed by atoms with E-state index in [0.717, 1.165) is 31.1 Å². The smallest absolute Gasteiger partial charge is 0.326 e. The first-order valence-electron chi connectivity index (χ1n) is 9.12. The number of ether oxygens (including phenoxy) is 1. The average Bonchev–Trinajstić information content (AvgIpc) is 2.57. The molecule has 134 valence electrons. The first-order valence-corrected chi connectivity index (χ1v) is 9.12. The molecule has 0 radical (unpaired) electrons. The van der Waals surface area contributed by atoms with Gasteiger partial charge in [-0.15, -0.1) is 0 Å². The van der Waals surface area contributed by atoms with Crippen molar-refractivity contribution in [2.24, 2.45) is 11.3 Å². The zero-order chi connectivity index (χ0) is 18.0. The van der Waals surface area contributed by atoms with Gasteiger partial charge in [0.15, 0.2) is 0 Å². The number of benzene rings is 1. The Bertz CT molecular complexity index is 808. The van der Waals surface area contributed by atoms with Crippen LogP contribution in [0.25, 0.3) is 10.8 Å². The minimum absolute atomic E-state index is 0.0118. The monoisotopic (exact) mass is 341 g/mol. The molecule has 25 heavy (non-hydrogen) atoms. The number of hydrogen-bond donors (Lipinski definition) is 0. The highest BCUT2D eigenvalue weighted by molar-refractivity contribution is 5.81. The molecule has 4 heteroatoms. The van der Waals surface area contributed by atoms with Gasteiger partial charge in [0.1, 0.15) is 12.6 Å². The summed E-state index contributed by atoms with van der Waals surface area (Å²) in [4.78, 5) is 24.7. The summed E-state index contributed by atoms with van der Waals surface area (Å²) in [5.41, 5.74) is 0.166. The summed E-state index contributed by atoms with van der Waals surface area (Å²) in [5.74, 6) is 0.363. The molecular formula is C21H27NO3. The number of carbonyl (C=O) groups is 1. The van der Waals surface area contributed by atoms with Crippen LogP contribution in [0.4, 0.5) is 0 Å². The molecule has 0 N–H and O–H groups in total. The van der Waals surface area contributed by atoms with Crippen LogP contribution in [-0.2, 0) is 16.1 Å². The third-order valence-electron chi connectivity index (χ3n) is 5.38. The van der Waals surface area contributed by atoms with Crippen molar-refractivity contribution in [1.29, 1.82) is 0 Å². The van der Waals surface area contributed by atoms with Gasteiger partial charge in [0.2, 0.25) is 0 Å². The molecule has 1 heterocycles. The number of carbonyl (C=O) groups excluding carboxylic acids is 1. The first-order chi connectivity index (χ1) is 11.8. The van der Waals surface area contributed by atoms with Gasteiger partial charge in [-0.25, -0.2) is 0 Å². The van der Waals surface area contributed by atoms with E-state index in [-0.39, 0.29) is 24.2 Å². The maximum absolute atomic E-state index is 12.5. The second kappa shape index (κ2) is 7.03. The lowest BCUT2D eigenvalue weighted by Gasteiger charge is -2.36. The van der Waals surface area contributed by atoms with Crippen molar-refractivity contribution in [2.75, 3.05) is 0 Å². The SMILES string of the molecule is CC(C)(C)C1CCC(OC(=O)Cn2ccc3ccccc3c2=O)CC1. The molecule has 0 atom stereocenters. The zero-order valence-electron chi connectivity index (χ0n) is 15.3. The molecule has 4 nitrogen and oxygen atoms in total. The van der Waals surface area contributed by atoms with E-state index in [0.29, 0.717) is 16.7 Å². The van der Waals surface area contributed by atoms with E-state index >= 15 is 0 Å². The second-order valence-electron chi connectivity index (χ2n) is 8.17. The van der Waals surface area contributed by atoms with Crippen LogP contribution in [-0.4, -0.2) is 16.6 Å². The van der Waals surface area contributed by atoms with Gasteiger partial charge < -0.3 is 9.30 Å². The average molecular weight is 341 g/mol. The third kappa shape index (κ3) is 4.12. The van der Waals surface area contributed by atoms with Crippen LogP contribution >= 0.6 is 0 Å². The molecule has 1 fully saturated rings. The summed E-state index contributed by atoms with van der Waals surface area (Å²) in [6.07, 6.45) is 5.68. The molecule has 1 saturated carbocycles. The topological polar surface area (TPSA) is 48.3 Å². The standard InChI is InChI=1S/C21H27NO3/c1-21(2,3)16-8-10-17(11-9-16)25-19(23)14-22-13-12-15-6-4-5-7-18(15)20(22)24/h4-7,12-13,16-17H,8-11,14H2,1-3H3. The molecular weight excluding hydrogens is 314 g/mol. The number of esters is 1. The van der Waals surface area contributed by atoms with Gasteiger partial charge in [0.25, 0.3) is 5.56 Å². The molecule has 1 aliphatic rings. The van der Waals surface area contributed by atoms with E-state index < -0.39 is 0 Å². The number of rotatable bonds is 3. The molecule has 0 saturated heterocycles. The highest BCUT2D eigenvalue weighted by Gasteiger charge is 2.31. The molecule has 3 rings (SSSR count). The Balaban J connectivity index is 1.61. The van der Waals surface area contributed by atoms with Crippen LogP contribution in [0, 0.1) is 11.3 Å². The largest absolute Gasteiger partial charge is 0.461 e. The summed E-state index contributed by atoms with van der Waals surface area (Å²) >= 11 is 0. The van der Waals surface area contributed by atoms with Gasteiger partial charge in [-0.2, -0.15) is 0 Å². The Hall–Kier alpha value is -2.10. The van der Waals surface area contributed by atoms with Crippen LogP contribution < -0.4 is 5.56 Å². The van der Waals surface area contributed by atoms with E-state index in [1.54, 1.807) is 12.3 Å². The summed E-state index contributed by atoms with van der Waals surface area (Å²) < 4.78 is 7.06. The molecule has 1 aromatic heterocycles. The van der Waals surface area contributed by atoms with Gasteiger partial charge in [-0.3, -0.25) is 9.59 Å². The molecule has 0 bridgehead atoms. The van der Waals surface area contributed by atoms with Gasteiger partial charge >= 0.3 is 5.97 Å². The summed E-state index contributed by atoms with van der Waals surface area (Å²) in [6, 6.07) is 9.27. The molecule has 2 aromatic rings. The Morgan fingerprint density at radius 1 is 1.12 bits per heavy atom. The van der Waals surface area contributed by atoms with E-state index in [9.17, 15) is 9.59 Å². The molecule has 1 aromatic carbocycles.